The highest BCUT2D eigenvalue weighted by molar-refractivity contribution is 5.97. The number of nitrogens with zero attached hydrogens (tertiary/aromatic N) is 5. The molecule has 1 saturated heterocycles. The van der Waals surface area contributed by atoms with Crippen LogP contribution in [-0.2, 0) is 9.59 Å². The van der Waals surface area contributed by atoms with Crippen LogP contribution in [0.25, 0.3) is 0 Å². The number of nitrogens with one attached hydrogen (secondary N) is 2. The summed E-state index contributed by atoms with van der Waals surface area (Å²) in [5.74, 6) is 0.580. The summed E-state index contributed by atoms with van der Waals surface area (Å²) in [4.78, 5) is 27.5. The van der Waals surface area contributed by atoms with Gasteiger partial charge in [0.2, 0.25) is 5.91 Å². The number of carbonyl (C=O) groups is 2. The molecule has 1 spiro atoms. The average Bonchev–Trinajstić information content (AvgIpc) is 3.45. The van der Waals surface area contributed by atoms with Gasteiger partial charge in [-0.05, 0) is 80.9 Å². The Kier molecular flexibility index (Phi) is 6.43. The van der Waals surface area contributed by atoms with Crippen LogP contribution in [-0.4, -0.2) is 61.3 Å². The lowest BCUT2D eigenvalue weighted by Crippen LogP contribution is -2.50. The van der Waals surface area contributed by atoms with Crippen molar-refractivity contribution >= 4 is 17.5 Å². The summed E-state index contributed by atoms with van der Waals surface area (Å²) < 4.78 is 1.28. The molecule has 2 fully saturated rings. The number of Topliss-reactive ketones (excluding diaryl/α,β-unsaturated/α-hetero) is 1. The Morgan fingerprint density at radius 2 is 1.97 bits per heavy atom. The molecule has 9 heteroatoms. The van der Waals surface area contributed by atoms with Gasteiger partial charge in [-0.15, -0.1) is 5.10 Å². The van der Waals surface area contributed by atoms with Crippen LogP contribution in [0, 0.1) is 10.8 Å². The molecule has 9 nitrogen and oxygen atoms in total. The number of rotatable bonds is 6. The third-order valence-electron chi connectivity index (χ3n) is 7.63. The van der Waals surface area contributed by atoms with Crippen LogP contribution >= 0.6 is 0 Å². The lowest BCUT2D eigenvalue weighted by Gasteiger charge is -2.43. The molecule has 1 saturated carbocycles. The molecule has 0 atom stereocenters. The van der Waals surface area contributed by atoms with E-state index in [1.807, 2.05) is 11.8 Å². The van der Waals surface area contributed by atoms with E-state index in [4.69, 9.17) is 5.41 Å². The topological polar surface area (TPSA) is 117 Å². The Morgan fingerprint density at radius 1 is 1.21 bits per heavy atom. The fourth-order valence-electron chi connectivity index (χ4n) is 5.22. The summed E-state index contributed by atoms with van der Waals surface area (Å²) in [6, 6.07) is 0. The first kappa shape index (κ1) is 23.2. The Morgan fingerprint density at radius 3 is 2.67 bits per heavy atom. The van der Waals surface area contributed by atoms with Crippen LogP contribution < -0.4 is 5.32 Å². The number of hydrogen-bond acceptors (Lipinski definition) is 7. The highest BCUT2D eigenvalue weighted by atomic mass is 16.2. The first-order valence-electron chi connectivity index (χ1n) is 11.7. The van der Waals surface area contributed by atoms with Crippen molar-refractivity contribution in [1.29, 1.82) is 5.41 Å². The molecule has 0 unspecified atom stereocenters. The standard InChI is InChI=1S/C24H33N7O2/c1-17(7-8-21(25)31-16-27-28-29-31)15-26-23(3)9-11-24(12-10-23)13-14-30(22(24)33)19-5-4-6-20(32)18(19)2/h7-8,16,25-26H,1,4-6,9-15H2,2-3H3/b8-7-,25-21?. The molecular weight excluding hydrogens is 418 g/mol. The van der Waals surface area contributed by atoms with Gasteiger partial charge in [0.05, 0.1) is 5.41 Å². The quantitative estimate of drug-likeness (QED) is 0.390. The van der Waals surface area contributed by atoms with Crippen LogP contribution in [0.4, 0.5) is 0 Å². The van der Waals surface area contributed by atoms with Crippen molar-refractivity contribution in [3.8, 4) is 0 Å². The van der Waals surface area contributed by atoms with E-state index in [0.29, 0.717) is 13.0 Å². The first-order valence-corrected chi connectivity index (χ1v) is 11.7. The minimum atomic E-state index is -0.285. The molecule has 176 valence electrons. The van der Waals surface area contributed by atoms with E-state index in [1.165, 1.54) is 11.0 Å². The number of allylic oxidation sites excluding steroid dienone is 3. The number of carbonyl (C=O) groups excluding carboxylic acids is 2. The molecule has 0 bridgehead atoms. The van der Waals surface area contributed by atoms with Crippen LogP contribution in [0.5, 0.6) is 0 Å². The van der Waals surface area contributed by atoms with Gasteiger partial charge in [-0.2, -0.15) is 4.68 Å². The number of amides is 1. The van der Waals surface area contributed by atoms with Crippen molar-refractivity contribution in [2.45, 2.75) is 70.8 Å². The SMILES string of the molecule is C=C(/C=C\C(=N)n1cnnn1)CNC1(C)CCC2(CCN(C3=C(C)C(=O)CCC3)C2=O)CC1. The van der Waals surface area contributed by atoms with E-state index >= 15 is 0 Å². The van der Waals surface area contributed by atoms with Gasteiger partial charge < -0.3 is 10.2 Å². The van der Waals surface area contributed by atoms with Crippen LogP contribution in [0.3, 0.4) is 0 Å². The van der Waals surface area contributed by atoms with E-state index in [0.717, 1.165) is 68.3 Å². The smallest absolute Gasteiger partial charge is 0.233 e. The third-order valence-corrected chi connectivity index (χ3v) is 7.63. The van der Waals surface area contributed by atoms with Gasteiger partial charge in [-0.25, -0.2) is 0 Å². The van der Waals surface area contributed by atoms with E-state index < -0.39 is 0 Å². The zero-order chi connectivity index (χ0) is 23.6. The Bertz CT molecular complexity index is 1010. The number of likely N-dealkylation sites (tertiary alicyclic amines) is 1. The molecule has 1 aromatic heterocycles. The van der Waals surface area contributed by atoms with Gasteiger partial charge in [0.1, 0.15) is 12.2 Å². The largest absolute Gasteiger partial charge is 0.315 e. The average molecular weight is 452 g/mol. The second kappa shape index (κ2) is 9.13. The fraction of sp³-hybridized carbons (Fsp3) is 0.583. The Balaban J connectivity index is 1.31. The predicted molar refractivity (Wildman–Crippen MR) is 124 cm³/mol. The van der Waals surface area contributed by atoms with Gasteiger partial charge in [-0.1, -0.05) is 12.7 Å². The minimum Gasteiger partial charge on any atom is -0.315 e. The maximum atomic E-state index is 13.5. The molecule has 4 rings (SSSR count). The molecule has 1 amide bonds. The van der Waals surface area contributed by atoms with E-state index in [2.05, 4.69) is 34.3 Å². The van der Waals surface area contributed by atoms with Crippen LogP contribution in [0.1, 0.15) is 65.2 Å². The second-order valence-corrected chi connectivity index (χ2v) is 9.88. The van der Waals surface area contributed by atoms with E-state index in [9.17, 15) is 9.59 Å². The zero-order valence-corrected chi connectivity index (χ0v) is 19.6. The van der Waals surface area contributed by atoms with Crippen molar-refractivity contribution in [2.75, 3.05) is 13.1 Å². The molecule has 0 radical (unpaired) electrons. The monoisotopic (exact) mass is 451 g/mol. The third kappa shape index (κ3) is 4.73. The Labute approximate surface area is 194 Å². The van der Waals surface area contributed by atoms with Crippen LogP contribution in [0.2, 0.25) is 0 Å². The number of ketones is 1. The molecule has 2 heterocycles. The maximum absolute atomic E-state index is 13.5. The lowest BCUT2D eigenvalue weighted by molar-refractivity contribution is -0.137. The zero-order valence-electron chi connectivity index (χ0n) is 19.6. The second-order valence-electron chi connectivity index (χ2n) is 9.88. The summed E-state index contributed by atoms with van der Waals surface area (Å²) in [6.45, 7) is 9.51. The summed E-state index contributed by atoms with van der Waals surface area (Å²) in [5, 5.41) is 22.3. The normalized spacial score (nSPS) is 28.4. The summed E-state index contributed by atoms with van der Waals surface area (Å²) in [6.07, 6.45) is 11.5. The van der Waals surface area contributed by atoms with Gasteiger partial charge >= 0.3 is 0 Å². The van der Waals surface area contributed by atoms with Crippen molar-refractivity contribution in [3.63, 3.8) is 0 Å². The molecule has 1 aromatic rings. The lowest BCUT2D eigenvalue weighted by atomic mass is 9.67. The summed E-state index contributed by atoms with van der Waals surface area (Å²) >= 11 is 0. The van der Waals surface area contributed by atoms with Crippen molar-refractivity contribution in [3.05, 3.63) is 41.9 Å². The first-order chi connectivity index (χ1) is 15.7. The molecule has 3 aliphatic rings. The molecule has 33 heavy (non-hydrogen) atoms. The highest BCUT2D eigenvalue weighted by Crippen LogP contribution is 2.49. The van der Waals surface area contributed by atoms with Gasteiger partial charge in [0, 0.05) is 36.3 Å². The molecular formula is C24H33N7O2. The minimum absolute atomic E-state index is 0.0605. The van der Waals surface area contributed by atoms with Crippen molar-refractivity contribution in [2.24, 2.45) is 5.41 Å². The highest BCUT2D eigenvalue weighted by Gasteiger charge is 2.51. The molecule has 2 aliphatic carbocycles. The number of hydrogen-bond donors (Lipinski definition) is 2. The predicted octanol–water partition coefficient (Wildman–Crippen LogP) is 2.78. The van der Waals surface area contributed by atoms with Gasteiger partial charge in [0.15, 0.2) is 5.78 Å². The van der Waals surface area contributed by atoms with E-state index in [-0.39, 0.29) is 28.5 Å². The maximum Gasteiger partial charge on any atom is 0.233 e. The van der Waals surface area contributed by atoms with E-state index in [1.54, 1.807) is 12.2 Å². The van der Waals surface area contributed by atoms with Crippen molar-refractivity contribution in [1.82, 2.24) is 30.4 Å². The number of tetrazole rings is 1. The molecule has 2 N–H and O–H groups in total. The van der Waals surface area contributed by atoms with Gasteiger partial charge in [-0.3, -0.25) is 15.0 Å². The Hall–Kier alpha value is -2.94. The van der Waals surface area contributed by atoms with Crippen LogP contribution in [0.15, 0.2) is 41.9 Å². The summed E-state index contributed by atoms with van der Waals surface area (Å²) in [5.41, 5.74) is 2.27. The van der Waals surface area contributed by atoms with Crippen molar-refractivity contribution < 1.29 is 9.59 Å². The fourth-order valence-corrected chi connectivity index (χ4v) is 5.22. The molecule has 0 aromatic carbocycles. The molecule has 1 aliphatic heterocycles. The van der Waals surface area contributed by atoms with Gasteiger partial charge in [0.25, 0.3) is 0 Å². The summed E-state index contributed by atoms with van der Waals surface area (Å²) in [7, 11) is 0. The number of aromatic nitrogens is 4.